The van der Waals surface area contributed by atoms with E-state index in [2.05, 4.69) is 20.9 Å². The summed E-state index contributed by atoms with van der Waals surface area (Å²) in [4.78, 5) is 86.1. The first-order valence-corrected chi connectivity index (χ1v) is 16.4. The highest BCUT2D eigenvalue weighted by Gasteiger charge is 2.60. The number of hydrogen-bond donors (Lipinski definition) is 3. The summed E-state index contributed by atoms with van der Waals surface area (Å²) in [5, 5.41) is 22.1. The molecule has 1 aromatic rings. The number of aliphatic carboxylic acids is 1. The number of carboxylic acids is 1. The SMILES string of the molecule is CC(=O)OC[C@H]1OC(OCc2cn(CCCNC(=O)[C@@H]3N4C(=O)N[C@H](C(=O)O)[C@H]4SC3(C)C)nn2)[C@H](OC(C)=O)[C@@H](OC(C)=O)[C@@H]1OC(C)=O. The number of rotatable bonds is 14. The Labute approximate surface area is 290 Å². The second kappa shape index (κ2) is 16.0. The fourth-order valence-corrected chi connectivity index (χ4v) is 7.46. The number of urea groups is 1. The number of hydrogen-bond acceptors (Lipinski definition) is 16. The van der Waals surface area contributed by atoms with E-state index in [1.54, 1.807) is 20.0 Å². The number of carboxylic acid groups (broad SMARTS) is 1. The fourth-order valence-electron chi connectivity index (χ4n) is 5.83. The Morgan fingerprint density at radius 1 is 1.00 bits per heavy atom. The van der Waals surface area contributed by atoms with Crippen LogP contribution in [0.4, 0.5) is 4.79 Å². The lowest BCUT2D eigenvalue weighted by molar-refractivity contribution is -0.310. The lowest BCUT2D eigenvalue weighted by Gasteiger charge is -2.43. The number of nitrogens with zero attached hydrogens (tertiary/aromatic N) is 4. The smallest absolute Gasteiger partial charge is 0.329 e. The molecule has 0 spiro atoms. The van der Waals surface area contributed by atoms with E-state index in [-0.39, 0.29) is 13.2 Å². The molecular weight excluding hydrogens is 688 g/mol. The molecule has 3 N–H and O–H groups in total. The fraction of sp³-hybridized carbons (Fsp3) is 0.690. The van der Waals surface area contributed by atoms with Crippen LogP contribution in [0.1, 0.15) is 53.7 Å². The Hall–Kier alpha value is -4.50. The summed E-state index contributed by atoms with van der Waals surface area (Å²) in [6.45, 7) is 7.98. The van der Waals surface area contributed by atoms with Crippen LogP contribution in [-0.2, 0) is 70.3 Å². The highest BCUT2D eigenvalue weighted by Crippen LogP contribution is 2.47. The number of thioether (sulfide) groups is 1. The molecule has 4 heterocycles. The molecule has 1 aromatic heterocycles. The van der Waals surface area contributed by atoms with Gasteiger partial charge < -0.3 is 44.2 Å². The Kier molecular flexibility index (Phi) is 12.3. The van der Waals surface area contributed by atoms with Crippen molar-refractivity contribution >= 4 is 53.5 Å². The molecule has 21 heteroatoms. The van der Waals surface area contributed by atoms with Gasteiger partial charge in [-0.1, -0.05) is 5.21 Å². The third-order valence-electron chi connectivity index (χ3n) is 7.74. The van der Waals surface area contributed by atoms with Crippen molar-refractivity contribution in [3.63, 3.8) is 0 Å². The lowest BCUT2D eigenvalue weighted by atomic mass is 9.98. The van der Waals surface area contributed by atoms with E-state index >= 15 is 0 Å². The second-order valence-corrected chi connectivity index (χ2v) is 14.0. The highest BCUT2D eigenvalue weighted by molar-refractivity contribution is 8.01. The van der Waals surface area contributed by atoms with Crippen LogP contribution >= 0.6 is 11.8 Å². The van der Waals surface area contributed by atoms with Gasteiger partial charge in [-0.3, -0.25) is 33.6 Å². The minimum atomic E-state index is -1.40. The van der Waals surface area contributed by atoms with Crippen LogP contribution < -0.4 is 10.6 Å². The second-order valence-electron chi connectivity index (χ2n) is 12.2. The standard InChI is InChI=1S/C29H40N6O14S/c1-13(36)44-12-18-20(46-14(2)37)21(47-15(3)38)22(48-16(4)39)27(49-18)45-11-17-10-34(33-32-17)9-7-8-30-24(40)23-29(5,6)50-25-19(26(41)42)31-28(43)35(23)25/h10,18-23,25,27H,7-9,11-12H2,1-6H3,(H,30,40)(H,31,43)(H,41,42)/t18-,19+,20-,21+,22-,23+,25-,27?/m1/s1. The third kappa shape index (κ3) is 9.18. The first-order chi connectivity index (χ1) is 23.5. The van der Waals surface area contributed by atoms with Crippen LogP contribution in [-0.4, -0.2) is 133 Å². The summed E-state index contributed by atoms with van der Waals surface area (Å²) in [7, 11) is 0. The topological polar surface area (TPSA) is 253 Å². The largest absolute Gasteiger partial charge is 0.480 e. The Balaban J connectivity index is 1.36. The highest BCUT2D eigenvalue weighted by atomic mass is 32.2. The number of esters is 4. The lowest BCUT2D eigenvalue weighted by Crippen LogP contribution is -2.62. The Morgan fingerprint density at radius 2 is 1.64 bits per heavy atom. The third-order valence-corrected chi connectivity index (χ3v) is 9.31. The van der Waals surface area contributed by atoms with E-state index in [4.69, 9.17) is 28.4 Å². The van der Waals surface area contributed by atoms with E-state index in [0.29, 0.717) is 18.7 Å². The Bertz CT molecular complexity index is 1490. The van der Waals surface area contributed by atoms with Crippen LogP contribution in [0.25, 0.3) is 0 Å². The summed E-state index contributed by atoms with van der Waals surface area (Å²) >= 11 is 1.25. The first-order valence-electron chi connectivity index (χ1n) is 15.6. The van der Waals surface area contributed by atoms with E-state index in [1.165, 1.54) is 21.3 Å². The molecule has 8 atom stereocenters. The van der Waals surface area contributed by atoms with Crippen molar-refractivity contribution < 1.29 is 67.1 Å². The number of aromatic nitrogens is 3. The molecule has 4 rings (SSSR count). The van der Waals surface area contributed by atoms with Gasteiger partial charge in [-0.25, -0.2) is 9.59 Å². The molecule has 20 nitrogen and oxygen atoms in total. The van der Waals surface area contributed by atoms with Crippen LogP contribution in [0.3, 0.4) is 0 Å². The average molecular weight is 729 g/mol. The zero-order chi connectivity index (χ0) is 36.9. The molecule has 50 heavy (non-hydrogen) atoms. The maximum absolute atomic E-state index is 13.2. The molecule has 276 valence electrons. The van der Waals surface area contributed by atoms with Gasteiger partial charge in [0.05, 0.1) is 12.8 Å². The first kappa shape index (κ1) is 38.3. The van der Waals surface area contributed by atoms with Gasteiger partial charge in [-0.05, 0) is 20.3 Å². The van der Waals surface area contributed by atoms with Crippen LogP contribution in [0.2, 0.25) is 0 Å². The molecule has 0 aromatic carbocycles. The molecule has 3 fully saturated rings. The number of ether oxygens (including phenoxy) is 6. The number of carbonyl (C=O) groups excluding carboxylic acids is 6. The van der Waals surface area contributed by atoms with E-state index in [9.17, 15) is 38.7 Å². The van der Waals surface area contributed by atoms with E-state index in [1.807, 2.05) is 0 Å². The summed E-state index contributed by atoms with van der Waals surface area (Å²) in [5.41, 5.74) is 0.325. The predicted molar refractivity (Wildman–Crippen MR) is 165 cm³/mol. The van der Waals surface area contributed by atoms with Gasteiger partial charge in [0.25, 0.3) is 0 Å². The van der Waals surface area contributed by atoms with Gasteiger partial charge >= 0.3 is 35.9 Å². The van der Waals surface area contributed by atoms with Crippen molar-refractivity contribution in [3.8, 4) is 0 Å². The maximum atomic E-state index is 13.2. The van der Waals surface area contributed by atoms with Crippen LogP contribution in [0, 0.1) is 0 Å². The molecule has 0 bridgehead atoms. The van der Waals surface area contributed by atoms with E-state index in [0.717, 1.165) is 27.7 Å². The minimum absolute atomic E-state index is 0.217. The maximum Gasteiger partial charge on any atom is 0.329 e. The molecule has 3 amide bonds. The summed E-state index contributed by atoms with van der Waals surface area (Å²) in [5.74, 6) is -4.56. The molecule has 3 aliphatic heterocycles. The minimum Gasteiger partial charge on any atom is -0.480 e. The van der Waals surface area contributed by atoms with Gasteiger partial charge in [0.2, 0.25) is 5.91 Å². The van der Waals surface area contributed by atoms with Gasteiger partial charge in [-0.2, -0.15) is 0 Å². The van der Waals surface area contributed by atoms with Gasteiger partial charge in [0, 0.05) is 45.5 Å². The van der Waals surface area contributed by atoms with E-state index < -0.39 is 101 Å². The number of fused-ring (bicyclic) bond motifs is 1. The van der Waals surface area contributed by atoms with Crippen molar-refractivity contribution in [1.29, 1.82) is 0 Å². The average Bonchev–Trinajstić information content (AvgIpc) is 3.67. The molecular formula is C29H40N6O14S. The number of nitrogens with one attached hydrogen (secondary N) is 2. The van der Waals surface area contributed by atoms with Gasteiger partial charge in [-0.15, -0.1) is 16.9 Å². The molecule has 0 aliphatic carbocycles. The van der Waals surface area contributed by atoms with Gasteiger partial charge in [0.15, 0.2) is 30.6 Å². The molecule has 0 radical (unpaired) electrons. The zero-order valence-electron chi connectivity index (χ0n) is 28.2. The number of amides is 3. The Morgan fingerprint density at radius 3 is 2.26 bits per heavy atom. The van der Waals surface area contributed by atoms with Crippen LogP contribution in [0.5, 0.6) is 0 Å². The predicted octanol–water partition coefficient (Wildman–Crippen LogP) is -0.917. The molecule has 1 unspecified atom stereocenters. The van der Waals surface area contributed by atoms with Crippen molar-refractivity contribution in [2.45, 2.75) is 114 Å². The summed E-state index contributed by atoms with van der Waals surface area (Å²) < 4.78 is 33.7. The molecule has 3 aliphatic rings. The molecule has 0 saturated carbocycles. The van der Waals surface area contributed by atoms with Crippen molar-refractivity contribution in [2.24, 2.45) is 0 Å². The van der Waals surface area contributed by atoms with Gasteiger partial charge in [0.1, 0.15) is 29.8 Å². The normalized spacial score (nSPS) is 28.2. The number of aryl methyl sites for hydroxylation is 1. The molecule has 3 saturated heterocycles. The zero-order valence-corrected chi connectivity index (χ0v) is 29.0. The monoisotopic (exact) mass is 728 g/mol. The van der Waals surface area contributed by atoms with Crippen molar-refractivity contribution in [3.05, 3.63) is 11.9 Å². The van der Waals surface area contributed by atoms with Crippen molar-refractivity contribution in [1.82, 2.24) is 30.5 Å². The van der Waals surface area contributed by atoms with Crippen molar-refractivity contribution in [2.75, 3.05) is 13.2 Å². The summed E-state index contributed by atoms with van der Waals surface area (Å²) in [6, 6.07) is -2.61. The summed E-state index contributed by atoms with van der Waals surface area (Å²) in [6.07, 6.45) is -4.69. The number of carbonyl (C=O) groups is 7. The van der Waals surface area contributed by atoms with Crippen LogP contribution in [0.15, 0.2) is 6.20 Å². The quantitative estimate of drug-likeness (QED) is 0.119.